The average Bonchev–Trinajstić information content (AvgIpc) is 2.34. The van der Waals surface area contributed by atoms with Crippen molar-refractivity contribution in [1.29, 1.82) is 0 Å². The molecule has 1 unspecified atom stereocenters. The number of hydrogen-bond acceptors (Lipinski definition) is 2. The van der Waals surface area contributed by atoms with Crippen LogP contribution in [0.2, 0.25) is 0 Å². The minimum atomic E-state index is -0.708. The number of aromatic nitrogens is 1. The number of nitrogens with zero attached hydrogens (tertiary/aromatic N) is 1. The lowest BCUT2D eigenvalue weighted by Gasteiger charge is -2.16. The fourth-order valence-corrected chi connectivity index (χ4v) is 2.14. The van der Waals surface area contributed by atoms with Crippen molar-refractivity contribution in [3.63, 3.8) is 0 Å². The summed E-state index contributed by atoms with van der Waals surface area (Å²) >= 11 is 3.09. The van der Waals surface area contributed by atoms with Crippen molar-refractivity contribution in [3.8, 4) is 0 Å². The Morgan fingerprint density at radius 3 is 2.47 bits per heavy atom. The van der Waals surface area contributed by atoms with Crippen molar-refractivity contribution in [2.75, 3.05) is 5.32 Å². The monoisotopic (exact) mass is 330 g/mol. The van der Waals surface area contributed by atoms with E-state index in [0.29, 0.717) is 5.69 Å². The number of anilines is 1. The van der Waals surface area contributed by atoms with E-state index < -0.39 is 17.5 Å². The van der Waals surface area contributed by atoms with Crippen LogP contribution in [0.1, 0.15) is 18.7 Å². The molecule has 1 heterocycles. The van der Waals surface area contributed by atoms with Crippen LogP contribution in [0.15, 0.2) is 34.9 Å². The van der Waals surface area contributed by atoms with Gasteiger partial charge < -0.3 is 5.32 Å². The minimum absolute atomic E-state index is 0.139. The van der Waals surface area contributed by atoms with E-state index in [9.17, 15) is 13.2 Å². The molecule has 0 aliphatic rings. The summed E-state index contributed by atoms with van der Waals surface area (Å²) < 4.78 is 39.6. The summed E-state index contributed by atoms with van der Waals surface area (Å²) in [5, 5.41) is 2.87. The van der Waals surface area contributed by atoms with Crippen molar-refractivity contribution >= 4 is 21.6 Å². The number of pyridine rings is 1. The molecule has 1 atom stereocenters. The molecule has 0 amide bonds. The highest BCUT2D eigenvalue weighted by molar-refractivity contribution is 9.10. The fourth-order valence-electron chi connectivity index (χ4n) is 1.61. The Labute approximate surface area is 116 Å². The highest BCUT2D eigenvalue weighted by atomic mass is 79.9. The molecular formula is C13H10BrF3N2. The third kappa shape index (κ3) is 3.26. The lowest BCUT2D eigenvalue weighted by atomic mass is 10.2. The molecule has 0 fully saturated rings. The molecule has 19 heavy (non-hydrogen) atoms. The maximum Gasteiger partial charge on any atom is 0.150 e. The SMILES string of the molecule is CC(Nc1c(F)cc(F)cc1Br)c1ccc(F)cn1. The molecule has 1 aromatic heterocycles. The summed E-state index contributed by atoms with van der Waals surface area (Å²) in [5.74, 6) is -1.81. The van der Waals surface area contributed by atoms with Crippen molar-refractivity contribution in [2.24, 2.45) is 0 Å². The topological polar surface area (TPSA) is 24.9 Å². The van der Waals surface area contributed by atoms with Gasteiger partial charge >= 0.3 is 0 Å². The van der Waals surface area contributed by atoms with Gasteiger partial charge in [-0.1, -0.05) is 0 Å². The number of hydrogen-bond donors (Lipinski definition) is 1. The van der Waals surface area contributed by atoms with Crippen molar-refractivity contribution < 1.29 is 13.2 Å². The predicted octanol–water partition coefficient (Wildman–Crippen LogP) is 4.43. The molecule has 2 rings (SSSR count). The predicted molar refractivity (Wildman–Crippen MR) is 70.3 cm³/mol. The zero-order chi connectivity index (χ0) is 14.0. The van der Waals surface area contributed by atoms with Crippen molar-refractivity contribution in [3.05, 3.63) is 58.1 Å². The van der Waals surface area contributed by atoms with Crippen LogP contribution in [0.5, 0.6) is 0 Å². The summed E-state index contributed by atoms with van der Waals surface area (Å²) in [6.07, 6.45) is 1.09. The van der Waals surface area contributed by atoms with E-state index in [-0.39, 0.29) is 16.2 Å². The van der Waals surface area contributed by atoms with Gasteiger partial charge in [-0.2, -0.15) is 0 Å². The Kier molecular flexibility index (Phi) is 4.09. The second-order valence-electron chi connectivity index (χ2n) is 4.01. The second-order valence-corrected chi connectivity index (χ2v) is 4.87. The van der Waals surface area contributed by atoms with Crippen LogP contribution in [0.4, 0.5) is 18.9 Å². The van der Waals surface area contributed by atoms with Gasteiger partial charge in [0.15, 0.2) is 0 Å². The smallest absolute Gasteiger partial charge is 0.150 e. The zero-order valence-electron chi connectivity index (χ0n) is 9.92. The molecule has 0 saturated heterocycles. The third-order valence-corrected chi connectivity index (χ3v) is 3.19. The van der Waals surface area contributed by atoms with Gasteiger partial charge in [0.2, 0.25) is 0 Å². The fraction of sp³-hybridized carbons (Fsp3) is 0.154. The molecule has 0 radical (unpaired) electrons. The molecule has 0 saturated carbocycles. The molecule has 0 aliphatic carbocycles. The lowest BCUT2D eigenvalue weighted by Crippen LogP contribution is -2.10. The molecule has 1 N–H and O–H groups in total. The summed E-state index contributed by atoms with van der Waals surface area (Å²) in [6, 6.07) is 4.38. The highest BCUT2D eigenvalue weighted by Crippen LogP contribution is 2.29. The normalized spacial score (nSPS) is 12.3. The number of nitrogens with one attached hydrogen (secondary N) is 1. The van der Waals surface area contributed by atoms with Gasteiger partial charge in [0.1, 0.15) is 17.5 Å². The van der Waals surface area contributed by atoms with E-state index in [2.05, 4.69) is 26.2 Å². The summed E-state index contributed by atoms with van der Waals surface area (Å²) in [6.45, 7) is 1.75. The molecule has 100 valence electrons. The van der Waals surface area contributed by atoms with E-state index in [0.717, 1.165) is 18.3 Å². The molecule has 6 heteroatoms. The molecule has 1 aromatic carbocycles. The molecular weight excluding hydrogens is 321 g/mol. The van der Waals surface area contributed by atoms with Gasteiger partial charge in [-0.15, -0.1) is 0 Å². The number of halogens is 4. The Bertz CT molecular complexity index is 564. The van der Waals surface area contributed by atoms with Crippen LogP contribution in [0.25, 0.3) is 0 Å². The Hall–Kier alpha value is -1.56. The van der Waals surface area contributed by atoms with Crippen LogP contribution in [0.3, 0.4) is 0 Å². The van der Waals surface area contributed by atoms with Crippen LogP contribution in [-0.4, -0.2) is 4.98 Å². The quantitative estimate of drug-likeness (QED) is 0.900. The van der Waals surface area contributed by atoms with Crippen LogP contribution in [0, 0.1) is 17.5 Å². The first kappa shape index (κ1) is 13.9. The van der Waals surface area contributed by atoms with Gasteiger partial charge in [-0.25, -0.2) is 13.2 Å². The van der Waals surface area contributed by atoms with Crippen molar-refractivity contribution in [1.82, 2.24) is 4.98 Å². The summed E-state index contributed by atoms with van der Waals surface area (Å²) in [5.41, 5.74) is 0.692. The van der Waals surface area contributed by atoms with E-state index in [4.69, 9.17) is 0 Å². The third-order valence-electron chi connectivity index (χ3n) is 2.56. The Morgan fingerprint density at radius 1 is 1.16 bits per heavy atom. The van der Waals surface area contributed by atoms with Crippen LogP contribution in [-0.2, 0) is 0 Å². The van der Waals surface area contributed by atoms with E-state index in [1.54, 1.807) is 6.92 Å². The van der Waals surface area contributed by atoms with Gasteiger partial charge in [0, 0.05) is 10.5 Å². The van der Waals surface area contributed by atoms with E-state index >= 15 is 0 Å². The zero-order valence-corrected chi connectivity index (χ0v) is 11.5. The average molecular weight is 331 g/mol. The first-order chi connectivity index (χ1) is 8.97. The number of rotatable bonds is 3. The second kappa shape index (κ2) is 5.61. The Morgan fingerprint density at radius 2 is 1.89 bits per heavy atom. The van der Waals surface area contributed by atoms with Gasteiger partial charge in [-0.05, 0) is 41.1 Å². The Balaban J connectivity index is 2.24. The van der Waals surface area contributed by atoms with Gasteiger partial charge in [0.25, 0.3) is 0 Å². The molecule has 2 aromatic rings. The number of benzene rings is 1. The maximum atomic E-state index is 13.6. The summed E-state index contributed by atoms with van der Waals surface area (Å²) in [7, 11) is 0. The van der Waals surface area contributed by atoms with Gasteiger partial charge in [-0.3, -0.25) is 4.98 Å². The van der Waals surface area contributed by atoms with E-state index in [1.165, 1.54) is 12.1 Å². The summed E-state index contributed by atoms with van der Waals surface area (Å²) in [4.78, 5) is 3.90. The lowest BCUT2D eigenvalue weighted by molar-refractivity contribution is 0.581. The van der Waals surface area contributed by atoms with Crippen LogP contribution >= 0.6 is 15.9 Å². The molecule has 0 aliphatic heterocycles. The van der Waals surface area contributed by atoms with E-state index in [1.807, 2.05) is 0 Å². The largest absolute Gasteiger partial charge is 0.374 e. The molecule has 0 bridgehead atoms. The standard InChI is InChI=1S/C13H10BrF3N2/c1-7(12-3-2-8(15)6-18-12)19-13-10(14)4-9(16)5-11(13)17/h2-7,19H,1H3. The van der Waals surface area contributed by atoms with Crippen molar-refractivity contribution in [2.45, 2.75) is 13.0 Å². The van der Waals surface area contributed by atoms with Crippen LogP contribution < -0.4 is 5.32 Å². The molecule has 0 spiro atoms. The minimum Gasteiger partial charge on any atom is -0.374 e. The van der Waals surface area contributed by atoms with Gasteiger partial charge in [0.05, 0.1) is 23.6 Å². The first-order valence-electron chi connectivity index (χ1n) is 5.50. The maximum absolute atomic E-state index is 13.6. The highest BCUT2D eigenvalue weighted by Gasteiger charge is 2.14. The first-order valence-corrected chi connectivity index (χ1v) is 6.29. The molecule has 2 nitrogen and oxygen atoms in total.